The summed E-state index contributed by atoms with van der Waals surface area (Å²) in [6.45, 7) is 2.47. The van der Waals surface area contributed by atoms with E-state index in [4.69, 9.17) is 0 Å². The molecule has 2 aromatic rings. The number of para-hydroxylation sites is 1. The van der Waals surface area contributed by atoms with Crippen LogP contribution in [0.4, 0.5) is 10.5 Å². The number of nitrogens with one attached hydrogen (secondary N) is 1. The molecule has 0 spiro atoms. The van der Waals surface area contributed by atoms with Crippen LogP contribution in [-0.2, 0) is 4.79 Å². The van der Waals surface area contributed by atoms with Crippen molar-refractivity contribution in [1.82, 2.24) is 9.80 Å². The molecule has 3 amide bonds. The lowest BCUT2D eigenvalue weighted by Crippen LogP contribution is -2.49. The summed E-state index contributed by atoms with van der Waals surface area (Å²) < 4.78 is 0. The van der Waals surface area contributed by atoms with Crippen molar-refractivity contribution in [2.75, 3.05) is 31.5 Å². The summed E-state index contributed by atoms with van der Waals surface area (Å²) >= 11 is 0. The Morgan fingerprint density at radius 1 is 0.871 bits per heavy atom. The van der Waals surface area contributed by atoms with Crippen molar-refractivity contribution in [2.45, 2.75) is 31.8 Å². The van der Waals surface area contributed by atoms with Crippen LogP contribution in [0.15, 0.2) is 60.7 Å². The molecule has 2 aromatic carbocycles. The van der Waals surface area contributed by atoms with E-state index in [0.717, 1.165) is 36.9 Å². The predicted molar refractivity (Wildman–Crippen MR) is 120 cm³/mol. The molecule has 2 aliphatic heterocycles. The van der Waals surface area contributed by atoms with Crippen LogP contribution in [0.5, 0.6) is 0 Å². The topological polar surface area (TPSA) is 72.9 Å². The van der Waals surface area contributed by atoms with Gasteiger partial charge in [0.2, 0.25) is 5.91 Å². The number of nitrogens with zero attached hydrogens (tertiary/aromatic N) is 2. The maximum absolute atomic E-state index is 13.1. The molecule has 2 heterocycles. The minimum atomic E-state index is -0.481. The third-order valence-corrected chi connectivity index (χ3v) is 6.52. The van der Waals surface area contributed by atoms with E-state index in [1.165, 1.54) is 0 Å². The molecular weight excluding hydrogens is 390 g/mol. The second-order valence-electron chi connectivity index (χ2n) is 8.60. The van der Waals surface area contributed by atoms with Crippen LogP contribution in [0, 0.1) is 11.8 Å². The first-order valence-corrected chi connectivity index (χ1v) is 11.2. The number of aliphatic hydroxyl groups excluding tert-OH is 1. The molecule has 2 aliphatic rings. The van der Waals surface area contributed by atoms with E-state index >= 15 is 0 Å². The summed E-state index contributed by atoms with van der Waals surface area (Å²) in [6.07, 6.45) is 2.77. The van der Waals surface area contributed by atoms with Gasteiger partial charge in [0.05, 0.1) is 12.0 Å². The van der Waals surface area contributed by atoms with Crippen LogP contribution < -0.4 is 5.32 Å². The number of aliphatic hydroxyl groups is 1. The highest BCUT2D eigenvalue weighted by Gasteiger charge is 2.34. The zero-order valence-corrected chi connectivity index (χ0v) is 17.8. The van der Waals surface area contributed by atoms with Gasteiger partial charge in [-0.15, -0.1) is 0 Å². The number of urea groups is 1. The predicted octanol–water partition coefficient (Wildman–Crippen LogP) is 3.90. The van der Waals surface area contributed by atoms with Crippen molar-refractivity contribution in [3.8, 4) is 0 Å². The number of rotatable bonds is 4. The Morgan fingerprint density at radius 3 is 2.19 bits per heavy atom. The van der Waals surface area contributed by atoms with Gasteiger partial charge in [0.25, 0.3) is 0 Å². The third-order valence-electron chi connectivity index (χ3n) is 6.52. The molecule has 6 nitrogen and oxygen atoms in total. The highest BCUT2D eigenvalue weighted by molar-refractivity contribution is 5.90. The molecule has 4 rings (SSSR count). The second kappa shape index (κ2) is 9.96. The molecule has 0 aromatic heterocycles. The molecule has 2 N–H and O–H groups in total. The van der Waals surface area contributed by atoms with Gasteiger partial charge >= 0.3 is 6.03 Å². The zero-order chi connectivity index (χ0) is 21.6. The van der Waals surface area contributed by atoms with Crippen LogP contribution in [0.25, 0.3) is 0 Å². The maximum atomic E-state index is 13.1. The molecule has 2 atom stereocenters. The van der Waals surface area contributed by atoms with Crippen molar-refractivity contribution < 1.29 is 14.7 Å². The van der Waals surface area contributed by atoms with Crippen molar-refractivity contribution in [3.63, 3.8) is 0 Å². The summed E-state index contributed by atoms with van der Waals surface area (Å²) in [7, 11) is 0. The molecule has 6 heteroatoms. The van der Waals surface area contributed by atoms with E-state index in [1.807, 2.05) is 65.6 Å². The van der Waals surface area contributed by atoms with E-state index in [2.05, 4.69) is 5.32 Å². The minimum Gasteiger partial charge on any atom is -0.388 e. The largest absolute Gasteiger partial charge is 0.388 e. The Morgan fingerprint density at radius 2 is 1.52 bits per heavy atom. The molecule has 0 bridgehead atoms. The summed E-state index contributed by atoms with van der Waals surface area (Å²) in [6, 6.07) is 19.0. The van der Waals surface area contributed by atoms with Crippen LogP contribution in [0.2, 0.25) is 0 Å². The van der Waals surface area contributed by atoms with Gasteiger partial charge in [0.15, 0.2) is 0 Å². The van der Waals surface area contributed by atoms with E-state index in [0.29, 0.717) is 26.2 Å². The number of hydrogen-bond donors (Lipinski definition) is 2. The van der Waals surface area contributed by atoms with Crippen LogP contribution in [0.1, 0.15) is 37.4 Å². The SMILES string of the molecule is O=C(Nc1ccccc1)N1CCCC(C(=O)N2CCC(C(O)c3ccccc3)CC2)C1. The number of anilines is 1. The highest BCUT2D eigenvalue weighted by atomic mass is 16.3. The number of carbonyl (C=O) groups is 2. The van der Waals surface area contributed by atoms with Crippen molar-refractivity contribution in [1.29, 1.82) is 0 Å². The highest BCUT2D eigenvalue weighted by Crippen LogP contribution is 2.31. The van der Waals surface area contributed by atoms with Gasteiger partial charge in [0.1, 0.15) is 0 Å². The van der Waals surface area contributed by atoms with Gasteiger partial charge in [0, 0.05) is 31.9 Å². The number of amides is 3. The van der Waals surface area contributed by atoms with Crippen LogP contribution in [0.3, 0.4) is 0 Å². The molecule has 2 saturated heterocycles. The minimum absolute atomic E-state index is 0.143. The van der Waals surface area contributed by atoms with Gasteiger partial charge in [-0.05, 0) is 49.3 Å². The number of carbonyl (C=O) groups excluding carboxylic acids is 2. The zero-order valence-electron chi connectivity index (χ0n) is 17.8. The fraction of sp³-hybridized carbons (Fsp3) is 0.440. The van der Waals surface area contributed by atoms with Crippen molar-refractivity contribution in [3.05, 3.63) is 66.2 Å². The standard InChI is InChI=1S/C25H31N3O3/c29-23(19-8-3-1-4-9-19)20-13-16-27(17-14-20)24(30)21-10-7-15-28(18-21)25(31)26-22-11-5-2-6-12-22/h1-6,8-9,11-12,20-21,23,29H,7,10,13-18H2,(H,26,31). The van der Waals surface area contributed by atoms with E-state index in [1.54, 1.807) is 4.90 Å². The Bertz CT molecular complexity index is 866. The third kappa shape index (κ3) is 5.25. The van der Waals surface area contributed by atoms with Gasteiger partial charge < -0.3 is 20.2 Å². The summed E-state index contributed by atoms with van der Waals surface area (Å²) in [5, 5.41) is 13.6. The number of benzene rings is 2. The molecule has 2 unspecified atom stereocenters. The van der Waals surface area contributed by atoms with Gasteiger partial charge in [-0.1, -0.05) is 48.5 Å². The smallest absolute Gasteiger partial charge is 0.321 e. The molecule has 0 radical (unpaired) electrons. The summed E-state index contributed by atoms with van der Waals surface area (Å²) in [4.78, 5) is 29.4. The molecule has 0 aliphatic carbocycles. The van der Waals surface area contributed by atoms with Crippen molar-refractivity contribution in [2.24, 2.45) is 11.8 Å². The van der Waals surface area contributed by atoms with Gasteiger partial charge in [-0.2, -0.15) is 0 Å². The fourth-order valence-corrected chi connectivity index (χ4v) is 4.70. The van der Waals surface area contributed by atoms with Crippen molar-refractivity contribution >= 4 is 17.6 Å². The monoisotopic (exact) mass is 421 g/mol. The fourth-order valence-electron chi connectivity index (χ4n) is 4.70. The lowest BCUT2D eigenvalue weighted by Gasteiger charge is -2.38. The summed E-state index contributed by atoms with van der Waals surface area (Å²) in [5.41, 5.74) is 1.71. The molecular formula is C25H31N3O3. The normalized spacial score (nSPS) is 20.9. The van der Waals surface area contributed by atoms with Crippen LogP contribution in [-0.4, -0.2) is 53.0 Å². The first-order valence-electron chi connectivity index (χ1n) is 11.2. The average Bonchev–Trinajstić information content (AvgIpc) is 2.84. The van der Waals surface area contributed by atoms with E-state index < -0.39 is 6.10 Å². The van der Waals surface area contributed by atoms with Crippen LogP contribution >= 0.6 is 0 Å². The Labute approximate surface area is 183 Å². The Kier molecular flexibility index (Phi) is 6.87. The Balaban J connectivity index is 1.29. The lowest BCUT2D eigenvalue weighted by molar-refractivity contribution is -0.139. The Hall–Kier alpha value is -2.86. The molecule has 164 valence electrons. The quantitative estimate of drug-likeness (QED) is 0.786. The van der Waals surface area contributed by atoms with Gasteiger partial charge in [-0.3, -0.25) is 4.79 Å². The van der Waals surface area contributed by atoms with E-state index in [9.17, 15) is 14.7 Å². The summed E-state index contributed by atoms with van der Waals surface area (Å²) in [5.74, 6) is 0.168. The number of likely N-dealkylation sites (tertiary alicyclic amines) is 2. The maximum Gasteiger partial charge on any atom is 0.321 e. The number of hydrogen-bond acceptors (Lipinski definition) is 3. The molecule has 0 saturated carbocycles. The molecule has 31 heavy (non-hydrogen) atoms. The number of piperidine rings is 2. The second-order valence-corrected chi connectivity index (χ2v) is 8.60. The van der Waals surface area contributed by atoms with E-state index in [-0.39, 0.29) is 23.8 Å². The first-order chi connectivity index (χ1) is 15.1. The van der Waals surface area contributed by atoms with Gasteiger partial charge in [-0.25, -0.2) is 4.79 Å². The average molecular weight is 422 g/mol. The molecule has 2 fully saturated rings. The first kappa shape index (κ1) is 21.4. The lowest BCUT2D eigenvalue weighted by atomic mass is 9.86.